The Morgan fingerprint density at radius 1 is 1.20 bits per heavy atom. The zero-order valence-corrected chi connectivity index (χ0v) is 14.4. The lowest BCUT2D eigenvalue weighted by Gasteiger charge is -2.13. The number of benzene rings is 1. The summed E-state index contributed by atoms with van der Waals surface area (Å²) in [6.45, 7) is 6.05. The summed E-state index contributed by atoms with van der Waals surface area (Å²) in [6, 6.07) is 9.34. The van der Waals surface area contributed by atoms with Crippen molar-refractivity contribution in [2.75, 3.05) is 0 Å². The summed E-state index contributed by atoms with van der Waals surface area (Å²) in [5.41, 5.74) is 2.10. The van der Waals surface area contributed by atoms with Gasteiger partial charge in [-0.3, -0.25) is 5.10 Å². The second kappa shape index (κ2) is 6.74. The molecule has 0 aliphatic heterocycles. The van der Waals surface area contributed by atoms with E-state index in [0.29, 0.717) is 5.82 Å². The fourth-order valence-corrected chi connectivity index (χ4v) is 2.93. The molecule has 0 radical (unpaired) electrons. The Hall–Kier alpha value is -2.57. The number of nitrogens with zero attached hydrogens (tertiary/aromatic N) is 3. The molecular weight excluding hydrogens is 326 g/mol. The molecule has 1 aliphatic carbocycles. The Kier molecular flexibility index (Phi) is 4.65. The van der Waals surface area contributed by atoms with E-state index in [0.717, 1.165) is 12.8 Å². The summed E-state index contributed by atoms with van der Waals surface area (Å²) in [5, 5.41) is 10.2. The summed E-state index contributed by atoms with van der Waals surface area (Å²) in [7, 11) is 0. The molecule has 1 fully saturated rings. The first-order chi connectivity index (χ1) is 12.1. The molecule has 1 N–H and O–H groups in total. The van der Waals surface area contributed by atoms with Crippen molar-refractivity contribution in [2.24, 2.45) is 0 Å². The summed E-state index contributed by atoms with van der Waals surface area (Å²) in [5.74, 6) is 0.742. The first-order valence-electron chi connectivity index (χ1n) is 8.34. The number of rotatable bonds is 4. The van der Waals surface area contributed by atoms with Gasteiger partial charge in [-0.25, -0.2) is 8.78 Å². The minimum atomic E-state index is -2.61. The van der Waals surface area contributed by atoms with E-state index in [1.54, 1.807) is 0 Å². The third kappa shape index (κ3) is 3.06. The smallest absolute Gasteiger partial charge is 0.279 e. The Morgan fingerprint density at radius 3 is 2.52 bits per heavy atom. The van der Waals surface area contributed by atoms with E-state index in [1.165, 1.54) is 17.2 Å². The van der Waals surface area contributed by atoms with Gasteiger partial charge in [0.25, 0.3) is 12.3 Å². The van der Waals surface area contributed by atoms with Crippen LogP contribution in [0.4, 0.5) is 8.78 Å². The number of aromatic amines is 1. The number of hydrogen-bond donors (Lipinski definition) is 1. The van der Waals surface area contributed by atoms with Crippen molar-refractivity contribution in [1.82, 2.24) is 20.3 Å². The highest BCUT2D eigenvalue weighted by molar-refractivity contribution is 5.49. The van der Waals surface area contributed by atoms with E-state index in [4.69, 9.17) is 4.52 Å². The van der Waals surface area contributed by atoms with Gasteiger partial charge in [-0.15, -0.1) is 0 Å². The van der Waals surface area contributed by atoms with Crippen LogP contribution in [0, 0.1) is 6.92 Å². The zero-order chi connectivity index (χ0) is 18.0. The minimum absolute atomic E-state index is 0.156. The predicted molar refractivity (Wildman–Crippen MR) is 89.4 cm³/mol. The Bertz CT molecular complexity index is 852. The van der Waals surface area contributed by atoms with Gasteiger partial charge < -0.3 is 4.52 Å². The standard InChI is InChI=1S/C16H14F2N4O.C2H6/c1-9-4-2-3-5-10(9)16(6-7-16)15-19-14(23-22-15)12-8-11(13(17)18)20-21-12;1-2/h2-5,8,13H,6-7H2,1H3,(H,20,21);1-2H3. The van der Waals surface area contributed by atoms with Crippen molar-refractivity contribution in [2.45, 2.75) is 45.5 Å². The van der Waals surface area contributed by atoms with Gasteiger partial charge in [0.15, 0.2) is 11.5 Å². The molecule has 2 aromatic heterocycles. The molecule has 25 heavy (non-hydrogen) atoms. The van der Waals surface area contributed by atoms with Gasteiger partial charge in [0.2, 0.25) is 0 Å². The van der Waals surface area contributed by atoms with Gasteiger partial charge in [-0.1, -0.05) is 43.3 Å². The normalized spacial score (nSPS) is 15.0. The fraction of sp³-hybridized carbons (Fsp3) is 0.389. The molecule has 0 spiro atoms. The molecule has 1 saturated carbocycles. The molecule has 0 unspecified atom stereocenters. The van der Waals surface area contributed by atoms with Gasteiger partial charge in [0.1, 0.15) is 5.69 Å². The molecule has 0 amide bonds. The highest BCUT2D eigenvalue weighted by atomic mass is 19.3. The lowest BCUT2D eigenvalue weighted by Crippen LogP contribution is -2.12. The molecule has 3 aromatic rings. The van der Waals surface area contributed by atoms with Crippen molar-refractivity contribution in [3.05, 3.63) is 53.0 Å². The van der Waals surface area contributed by atoms with E-state index in [-0.39, 0.29) is 22.7 Å². The molecule has 132 valence electrons. The lowest BCUT2D eigenvalue weighted by molar-refractivity contribution is 0.146. The van der Waals surface area contributed by atoms with Crippen LogP contribution in [0.15, 0.2) is 34.9 Å². The van der Waals surface area contributed by atoms with E-state index in [9.17, 15) is 8.78 Å². The van der Waals surface area contributed by atoms with Crippen LogP contribution in [0.2, 0.25) is 0 Å². The van der Waals surface area contributed by atoms with Crippen LogP contribution in [-0.4, -0.2) is 20.3 Å². The van der Waals surface area contributed by atoms with E-state index < -0.39 is 6.43 Å². The fourth-order valence-electron chi connectivity index (χ4n) is 2.93. The summed E-state index contributed by atoms with van der Waals surface area (Å²) in [4.78, 5) is 4.40. The van der Waals surface area contributed by atoms with Crippen molar-refractivity contribution < 1.29 is 13.3 Å². The molecule has 0 saturated heterocycles. The highest BCUT2D eigenvalue weighted by Gasteiger charge is 2.50. The summed E-state index contributed by atoms with van der Waals surface area (Å²) < 4.78 is 30.5. The second-order valence-electron chi connectivity index (χ2n) is 5.83. The third-order valence-electron chi connectivity index (χ3n) is 4.32. The maximum absolute atomic E-state index is 12.6. The quantitative estimate of drug-likeness (QED) is 0.736. The van der Waals surface area contributed by atoms with Gasteiger partial charge in [0, 0.05) is 0 Å². The minimum Gasteiger partial charge on any atom is -0.332 e. The lowest BCUT2D eigenvalue weighted by atomic mass is 9.91. The average molecular weight is 346 g/mol. The SMILES string of the molecule is CC.Cc1ccccc1C1(c2noc(-c3cc(C(F)F)[nH]n3)n2)CC1. The van der Waals surface area contributed by atoms with E-state index in [2.05, 4.69) is 39.4 Å². The number of nitrogens with one attached hydrogen (secondary N) is 1. The number of H-pyrrole nitrogens is 1. The molecule has 5 nitrogen and oxygen atoms in total. The van der Waals surface area contributed by atoms with Gasteiger partial charge >= 0.3 is 0 Å². The summed E-state index contributed by atoms with van der Waals surface area (Å²) in [6.07, 6.45) is -0.723. The van der Waals surface area contributed by atoms with Gasteiger partial charge in [0.05, 0.1) is 5.41 Å². The molecule has 2 heterocycles. The van der Waals surface area contributed by atoms with Crippen molar-refractivity contribution >= 4 is 0 Å². The molecule has 0 atom stereocenters. The van der Waals surface area contributed by atoms with Crippen LogP contribution in [0.1, 0.15) is 55.8 Å². The van der Waals surface area contributed by atoms with Gasteiger partial charge in [-0.2, -0.15) is 10.1 Å². The van der Waals surface area contributed by atoms with Crippen LogP contribution in [0.25, 0.3) is 11.6 Å². The Balaban J connectivity index is 0.000000880. The van der Waals surface area contributed by atoms with Crippen LogP contribution < -0.4 is 0 Å². The number of aromatic nitrogens is 4. The van der Waals surface area contributed by atoms with E-state index >= 15 is 0 Å². The summed E-state index contributed by atoms with van der Waals surface area (Å²) >= 11 is 0. The van der Waals surface area contributed by atoms with Crippen LogP contribution in [-0.2, 0) is 5.41 Å². The largest absolute Gasteiger partial charge is 0.332 e. The van der Waals surface area contributed by atoms with Crippen molar-refractivity contribution in [3.8, 4) is 11.6 Å². The van der Waals surface area contributed by atoms with Crippen LogP contribution in [0.5, 0.6) is 0 Å². The number of alkyl halides is 2. The van der Waals surface area contributed by atoms with Crippen molar-refractivity contribution in [3.63, 3.8) is 0 Å². The molecule has 4 rings (SSSR count). The first-order valence-corrected chi connectivity index (χ1v) is 8.34. The Labute approximate surface area is 144 Å². The molecule has 1 aliphatic rings. The molecular formula is C18H20F2N4O. The van der Waals surface area contributed by atoms with Crippen LogP contribution >= 0.6 is 0 Å². The van der Waals surface area contributed by atoms with Crippen molar-refractivity contribution in [1.29, 1.82) is 0 Å². The maximum atomic E-state index is 12.6. The second-order valence-corrected chi connectivity index (χ2v) is 5.83. The average Bonchev–Trinajstić information content (AvgIpc) is 3.06. The van der Waals surface area contributed by atoms with E-state index in [1.807, 2.05) is 26.0 Å². The topological polar surface area (TPSA) is 67.6 Å². The monoisotopic (exact) mass is 346 g/mol. The van der Waals surface area contributed by atoms with Crippen LogP contribution in [0.3, 0.4) is 0 Å². The molecule has 7 heteroatoms. The first kappa shape index (κ1) is 17.3. The number of aryl methyl sites for hydroxylation is 1. The molecule has 0 bridgehead atoms. The number of hydrogen-bond acceptors (Lipinski definition) is 4. The highest BCUT2D eigenvalue weighted by Crippen LogP contribution is 2.53. The third-order valence-corrected chi connectivity index (χ3v) is 4.32. The number of halogens is 2. The maximum Gasteiger partial charge on any atom is 0.279 e. The zero-order valence-electron chi connectivity index (χ0n) is 14.4. The Morgan fingerprint density at radius 2 is 1.92 bits per heavy atom. The molecule has 1 aromatic carbocycles. The van der Waals surface area contributed by atoms with Gasteiger partial charge in [-0.05, 0) is 37.0 Å². The predicted octanol–water partition coefficient (Wildman–Crippen LogP) is 4.81.